The van der Waals surface area contributed by atoms with Crippen LogP contribution in [0.3, 0.4) is 0 Å². The van der Waals surface area contributed by atoms with Crippen LogP contribution in [0.4, 0.5) is 11.4 Å². The number of benzene rings is 1. The summed E-state index contributed by atoms with van der Waals surface area (Å²) >= 11 is 1.29. The second kappa shape index (κ2) is 6.24. The average Bonchev–Trinajstić information content (AvgIpc) is 2.94. The Balaban J connectivity index is 1.92. The zero-order chi connectivity index (χ0) is 17.3. The number of amides is 2. The van der Waals surface area contributed by atoms with E-state index in [2.05, 4.69) is 4.99 Å². The molecule has 124 valence electrons. The number of thiazole rings is 1. The Hall–Kier alpha value is -3.01. The van der Waals surface area contributed by atoms with Crippen LogP contribution in [0.25, 0.3) is 0 Å². The molecule has 10 heteroatoms. The van der Waals surface area contributed by atoms with Gasteiger partial charge in [0.2, 0.25) is 0 Å². The quantitative estimate of drug-likeness (QED) is 0.604. The summed E-state index contributed by atoms with van der Waals surface area (Å²) in [5.41, 5.74) is 0.00523. The standard InChI is InChI=1S/C14H12N4O5S/c1-16-4-5-24-14(16)15-12(19)7-17-10-6-9(18(21)22)2-3-11(10)23-8-13(17)20/h2-6H,7-8H2,1H3. The third-order valence-electron chi connectivity index (χ3n) is 3.37. The van der Waals surface area contributed by atoms with Gasteiger partial charge < -0.3 is 9.30 Å². The number of hydrogen-bond donors (Lipinski definition) is 0. The molecule has 24 heavy (non-hydrogen) atoms. The predicted molar refractivity (Wildman–Crippen MR) is 84.8 cm³/mol. The second-order valence-electron chi connectivity index (χ2n) is 4.98. The molecule has 0 aliphatic carbocycles. The van der Waals surface area contributed by atoms with E-state index in [9.17, 15) is 19.7 Å². The monoisotopic (exact) mass is 348 g/mol. The average molecular weight is 348 g/mol. The molecule has 0 N–H and O–H groups in total. The molecule has 0 bridgehead atoms. The Morgan fingerprint density at radius 2 is 2.29 bits per heavy atom. The Bertz CT molecular complexity index is 901. The van der Waals surface area contributed by atoms with Gasteiger partial charge in [-0.3, -0.25) is 24.6 Å². The zero-order valence-corrected chi connectivity index (χ0v) is 13.4. The smallest absolute Gasteiger partial charge is 0.271 e. The highest BCUT2D eigenvalue weighted by Gasteiger charge is 2.29. The van der Waals surface area contributed by atoms with Crippen LogP contribution in [-0.4, -0.2) is 34.5 Å². The fraction of sp³-hybridized carbons (Fsp3) is 0.214. The number of anilines is 1. The number of nitro groups is 1. The van der Waals surface area contributed by atoms with Gasteiger partial charge in [-0.05, 0) is 6.07 Å². The highest BCUT2D eigenvalue weighted by molar-refractivity contribution is 7.07. The first kappa shape index (κ1) is 15.9. The van der Waals surface area contributed by atoms with Crippen molar-refractivity contribution in [2.75, 3.05) is 18.1 Å². The van der Waals surface area contributed by atoms with Crippen LogP contribution < -0.4 is 14.4 Å². The summed E-state index contributed by atoms with van der Waals surface area (Å²) in [6.07, 6.45) is 1.76. The molecule has 9 nitrogen and oxygen atoms in total. The minimum atomic E-state index is -0.574. The van der Waals surface area contributed by atoms with Crippen molar-refractivity contribution in [1.82, 2.24) is 4.57 Å². The van der Waals surface area contributed by atoms with Gasteiger partial charge in [0.05, 0.1) is 10.6 Å². The summed E-state index contributed by atoms with van der Waals surface area (Å²) in [7, 11) is 1.75. The van der Waals surface area contributed by atoms with Gasteiger partial charge in [-0.2, -0.15) is 4.99 Å². The maximum Gasteiger partial charge on any atom is 0.271 e. The molecule has 2 aromatic rings. The molecule has 1 aliphatic rings. The molecular weight excluding hydrogens is 336 g/mol. The summed E-state index contributed by atoms with van der Waals surface area (Å²) in [4.78, 5) is 40.2. The topological polar surface area (TPSA) is 107 Å². The van der Waals surface area contributed by atoms with E-state index in [1.165, 1.54) is 29.5 Å². The lowest BCUT2D eigenvalue weighted by Crippen LogP contribution is -2.42. The van der Waals surface area contributed by atoms with Crippen molar-refractivity contribution in [3.63, 3.8) is 0 Å². The van der Waals surface area contributed by atoms with Crippen molar-refractivity contribution in [2.45, 2.75) is 0 Å². The van der Waals surface area contributed by atoms with E-state index in [4.69, 9.17) is 4.74 Å². The SMILES string of the molecule is Cn1ccsc1=NC(=O)CN1C(=O)COc2ccc([N+](=O)[O-])cc21. The van der Waals surface area contributed by atoms with Crippen LogP contribution in [0.1, 0.15) is 0 Å². The fourth-order valence-electron chi connectivity index (χ4n) is 2.19. The number of non-ortho nitro benzene ring substituents is 1. The zero-order valence-electron chi connectivity index (χ0n) is 12.5. The Morgan fingerprint density at radius 3 is 2.96 bits per heavy atom. The number of fused-ring (bicyclic) bond motifs is 1. The number of aryl methyl sites for hydroxylation is 1. The van der Waals surface area contributed by atoms with E-state index in [0.29, 0.717) is 10.6 Å². The largest absolute Gasteiger partial charge is 0.482 e. The highest BCUT2D eigenvalue weighted by atomic mass is 32.1. The van der Waals surface area contributed by atoms with Gasteiger partial charge in [-0.25, -0.2) is 0 Å². The van der Waals surface area contributed by atoms with Crippen molar-refractivity contribution < 1.29 is 19.2 Å². The van der Waals surface area contributed by atoms with Crippen LogP contribution in [0.5, 0.6) is 5.75 Å². The van der Waals surface area contributed by atoms with Gasteiger partial charge in [0, 0.05) is 30.8 Å². The normalized spacial score (nSPS) is 14.3. The second-order valence-corrected chi connectivity index (χ2v) is 5.85. The van der Waals surface area contributed by atoms with E-state index in [1.807, 2.05) is 0 Å². The van der Waals surface area contributed by atoms with Gasteiger partial charge in [0.1, 0.15) is 12.3 Å². The molecule has 0 saturated carbocycles. The maximum absolute atomic E-state index is 12.2. The summed E-state index contributed by atoms with van der Waals surface area (Å²) in [5.74, 6) is -0.669. The minimum Gasteiger partial charge on any atom is -0.482 e. The van der Waals surface area contributed by atoms with Gasteiger partial charge in [-0.1, -0.05) is 0 Å². The van der Waals surface area contributed by atoms with E-state index in [1.54, 1.807) is 23.2 Å². The molecule has 0 saturated heterocycles. The van der Waals surface area contributed by atoms with Gasteiger partial charge in [-0.15, -0.1) is 11.3 Å². The lowest BCUT2D eigenvalue weighted by molar-refractivity contribution is -0.384. The number of carbonyl (C=O) groups is 2. The Kier molecular flexibility index (Phi) is 4.13. The number of rotatable bonds is 3. The lowest BCUT2D eigenvalue weighted by Gasteiger charge is -2.27. The number of hydrogen-bond acceptors (Lipinski definition) is 6. The lowest BCUT2D eigenvalue weighted by atomic mass is 10.2. The van der Waals surface area contributed by atoms with Crippen LogP contribution in [0.15, 0.2) is 34.8 Å². The molecule has 2 amide bonds. The Morgan fingerprint density at radius 1 is 1.50 bits per heavy atom. The number of aromatic nitrogens is 1. The van der Waals surface area contributed by atoms with Crippen LogP contribution in [0, 0.1) is 10.1 Å². The third-order valence-corrected chi connectivity index (χ3v) is 4.22. The first-order valence-electron chi connectivity index (χ1n) is 6.85. The number of nitro benzene ring substituents is 1. The molecule has 3 rings (SSSR count). The summed E-state index contributed by atoms with van der Waals surface area (Å²) in [6.45, 7) is -0.543. The first-order valence-corrected chi connectivity index (χ1v) is 7.73. The Labute approximate surface area is 139 Å². The van der Waals surface area contributed by atoms with E-state index in [-0.39, 0.29) is 24.5 Å². The third kappa shape index (κ3) is 3.04. The summed E-state index contributed by atoms with van der Waals surface area (Å²) in [6, 6.07) is 3.91. The van der Waals surface area contributed by atoms with Crippen molar-refractivity contribution in [3.8, 4) is 5.75 Å². The number of nitrogens with zero attached hydrogens (tertiary/aromatic N) is 4. The molecule has 1 aromatic carbocycles. The molecule has 0 fully saturated rings. The fourth-order valence-corrected chi connectivity index (χ4v) is 2.94. The molecule has 2 heterocycles. The number of carbonyl (C=O) groups excluding carboxylic acids is 2. The summed E-state index contributed by atoms with van der Waals surface area (Å²) < 4.78 is 6.93. The van der Waals surface area contributed by atoms with Crippen LogP contribution in [0.2, 0.25) is 0 Å². The van der Waals surface area contributed by atoms with E-state index >= 15 is 0 Å². The van der Waals surface area contributed by atoms with Crippen molar-refractivity contribution >= 4 is 34.5 Å². The van der Waals surface area contributed by atoms with Crippen LogP contribution >= 0.6 is 11.3 Å². The number of ether oxygens (including phenoxy) is 1. The molecule has 0 atom stereocenters. The highest BCUT2D eigenvalue weighted by Crippen LogP contribution is 2.35. The molecule has 0 spiro atoms. The molecule has 1 aromatic heterocycles. The van der Waals surface area contributed by atoms with Gasteiger partial charge in [0.25, 0.3) is 17.5 Å². The van der Waals surface area contributed by atoms with Gasteiger partial charge >= 0.3 is 0 Å². The minimum absolute atomic E-state index is 0.189. The molecule has 1 aliphatic heterocycles. The van der Waals surface area contributed by atoms with E-state index < -0.39 is 16.7 Å². The van der Waals surface area contributed by atoms with Gasteiger partial charge in [0.15, 0.2) is 11.4 Å². The molecular formula is C14H12N4O5S. The van der Waals surface area contributed by atoms with Crippen molar-refractivity contribution in [1.29, 1.82) is 0 Å². The van der Waals surface area contributed by atoms with Crippen LogP contribution in [-0.2, 0) is 16.6 Å². The molecule has 0 radical (unpaired) electrons. The predicted octanol–water partition coefficient (Wildman–Crippen LogP) is 0.848. The first-order chi connectivity index (χ1) is 11.5. The summed E-state index contributed by atoms with van der Waals surface area (Å²) in [5, 5.41) is 12.7. The maximum atomic E-state index is 12.2. The van der Waals surface area contributed by atoms with E-state index in [0.717, 1.165) is 4.90 Å². The molecule has 0 unspecified atom stereocenters. The van der Waals surface area contributed by atoms with Crippen molar-refractivity contribution in [3.05, 3.63) is 44.7 Å². The van der Waals surface area contributed by atoms with Crippen molar-refractivity contribution in [2.24, 2.45) is 12.0 Å².